The fourth-order valence-electron chi connectivity index (χ4n) is 9.79. The summed E-state index contributed by atoms with van der Waals surface area (Å²) < 4.78 is 30.7. The SMILES string of the molecule is COC(=O)C[C@H]1OC(C)(C)C2=C1C[C@]13CC[C@]4(C)C(=O)[C@@H](C)[C@@H]5[C@H]6OC(=O)[C@@H](C)[C@H]6O[C@@](O1)(C(=O)[C@@H]3[C@@H](O)C2)[C@@H]54. The van der Waals surface area contributed by atoms with E-state index in [1.54, 1.807) is 6.92 Å². The van der Waals surface area contributed by atoms with E-state index < -0.39 is 88.3 Å². The van der Waals surface area contributed by atoms with E-state index >= 15 is 0 Å². The molecular weight excluding hydrogens is 520 g/mol. The summed E-state index contributed by atoms with van der Waals surface area (Å²) in [4.78, 5) is 53.8. The number of carbonyl (C=O) groups is 4. The number of hydrogen-bond acceptors (Lipinski definition) is 10. The van der Waals surface area contributed by atoms with E-state index in [9.17, 15) is 24.3 Å². The van der Waals surface area contributed by atoms with Gasteiger partial charge in [0, 0.05) is 29.6 Å². The summed E-state index contributed by atoms with van der Waals surface area (Å²) in [5.41, 5.74) is -1.12. The van der Waals surface area contributed by atoms with Gasteiger partial charge in [0.2, 0.25) is 11.6 Å². The molecule has 5 aliphatic heterocycles. The van der Waals surface area contributed by atoms with Crippen molar-refractivity contribution in [3.63, 3.8) is 0 Å². The van der Waals surface area contributed by atoms with Crippen molar-refractivity contribution >= 4 is 23.5 Å². The monoisotopic (exact) mass is 558 g/mol. The van der Waals surface area contributed by atoms with Crippen molar-refractivity contribution in [3.05, 3.63) is 11.1 Å². The topological polar surface area (TPSA) is 135 Å². The Balaban J connectivity index is 1.38. The van der Waals surface area contributed by atoms with Gasteiger partial charge in [-0.3, -0.25) is 19.2 Å². The van der Waals surface area contributed by atoms with Crippen LogP contribution in [0.1, 0.15) is 66.7 Å². The number of aliphatic hydroxyl groups is 1. The van der Waals surface area contributed by atoms with Crippen LogP contribution in [0.5, 0.6) is 0 Å². The molecule has 1 saturated carbocycles. The van der Waals surface area contributed by atoms with E-state index in [0.29, 0.717) is 12.8 Å². The Kier molecular flexibility index (Phi) is 5.36. The summed E-state index contributed by atoms with van der Waals surface area (Å²) >= 11 is 0. The molecule has 5 heterocycles. The number of Topliss-reactive ketones (excluding diaryl/α,β-unsaturated/α-hetero) is 2. The molecule has 2 bridgehead atoms. The van der Waals surface area contributed by atoms with Crippen LogP contribution in [-0.4, -0.2) is 77.1 Å². The molecule has 7 aliphatic rings. The number of hydrogen-bond donors (Lipinski definition) is 1. The van der Waals surface area contributed by atoms with E-state index in [1.807, 2.05) is 27.7 Å². The first-order chi connectivity index (χ1) is 18.7. The van der Waals surface area contributed by atoms with Crippen molar-refractivity contribution in [2.24, 2.45) is 35.0 Å². The molecule has 0 unspecified atom stereocenters. The second kappa shape index (κ2) is 8.02. The predicted octanol–water partition coefficient (Wildman–Crippen LogP) is 2.04. The van der Waals surface area contributed by atoms with Gasteiger partial charge in [0.15, 0.2) is 0 Å². The Hall–Kier alpha value is -2.14. The second-order valence-corrected chi connectivity index (χ2v) is 13.9. The van der Waals surface area contributed by atoms with Gasteiger partial charge in [-0.2, -0.15) is 0 Å². The molecule has 0 aromatic rings. The highest BCUT2D eigenvalue weighted by Crippen LogP contribution is 2.69. The van der Waals surface area contributed by atoms with Crippen LogP contribution in [0.2, 0.25) is 0 Å². The molecule has 10 nitrogen and oxygen atoms in total. The normalized spacial score (nSPS) is 51.9. The zero-order chi connectivity index (χ0) is 28.7. The van der Waals surface area contributed by atoms with Gasteiger partial charge in [0.25, 0.3) is 0 Å². The summed E-state index contributed by atoms with van der Waals surface area (Å²) in [5.74, 6) is -5.96. The number of methoxy groups -OCH3 is 1. The largest absolute Gasteiger partial charge is 0.469 e. The first kappa shape index (κ1) is 26.7. The molecule has 1 N–H and O–H groups in total. The number of esters is 2. The first-order valence-electron chi connectivity index (χ1n) is 14.5. The van der Waals surface area contributed by atoms with E-state index in [1.165, 1.54) is 7.11 Å². The lowest BCUT2D eigenvalue weighted by Gasteiger charge is -2.50. The van der Waals surface area contributed by atoms with E-state index in [2.05, 4.69) is 0 Å². The van der Waals surface area contributed by atoms with Crippen LogP contribution in [-0.2, 0) is 42.9 Å². The Morgan fingerprint density at radius 1 is 1.02 bits per heavy atom. The Labute approximate surface area is 233 Å². The van der Waals surface area contributed by atoms with Crippen LogP contribution in [0.4, 0.5) is 0 Å². The van der Waals surface area contributed by atoms with Crippen molar-refractivity contribution in [1.29, 1.82) is 0 Å². The van der Waals surface area contributed by atoms with Crippen molar-refractivity contribution in [1.82, 2.24) is 0 Å². The lowest BCUT2D eigenvalue weighted by atomic mass is 9.61. The number of aliphatic hydroxyl groups excluding tert-OH is 1. The van der Waals surface area contributed by atoms with Gasteiger partial charge >= 0.3 is 11.9 Å². The number of ether oxygens (including phenoxy) is 5. The highest BCUT2D eigenvalue weighted by atomic mass is 16.7. The van der Waals surface area contributed by atoms with Crippen LogP contribution in [0.25, 0.3) is 0 Å². The molecular formula is C30H38O10. The molecule has 12 atom stereocenters. The highest BCUT2D eigenvalue weighted by molar-refractivity contribution is 5.97. The number of fused-ring (bicyclic) bond motifs is 2. The van der Waals surface area contributed by atoms with E-state index in [0.717, 1.165) is 11.1 Å². The molecule has 10 heteroatoms. The van der Waals surface area contributed by atoms with E-state index in [4.69, 9.17) is 23.7 Å². The summed E-state index contributed by atoms with van der Waals surface area (Å²) in [6.45, 7) is 9.28. The molecule has 0 aromatic carbocycles. The van der Waals surface area contributed by atoms with Crippen molar-refractivity contribution in [2.75, 3.05) is 7.11 Å². The molecule has 0 radical (unpaired) electrons. The van der Waals surface area contributed by atoms with Crippen LogP contribution < -0.4 is 0 Å². The second-order valence-electron chi connectivity index (χ2n) is 13.9. The fourth-order valence-corrected chi connectivity index (χ4v) is 9.79. The van der Waals surface area contributed by atoms with E-state index in [-0.39, 0.29) is 30.8 Å². The van der Waals surface area contributed by atoms with Crippen molar-refractivity contribution in [2.45, 2.75) is 108 Å². The lowest BCUT2D eigenvalue weighted by molar-refractivity contribution is -0.328. The zero-order valence-electron chi connectivity index (χ0n) is 23.9. The van der Waals surface area contributed by atoms with Crippen molar-refractivity contribution < 1.29 is 48.0 Å². The summed E-state index contributed by atoms with van der Waals surface area (Å²) in [6.07, 6.45) is -1.77. The molecule has 40 heavy (non-hydrogen) atoms. The quantitative estimate of drug-likeness (QED) is 0.396. The lowest BCUT2D eigenvalue weighted by Crippen LogP contribution is -2.63. The average molecular weight is 559 g/mol. The summed E-state index contributed by atoms with van der Waals surface area (Å²) in [5, 5.41) is 11.8. The van der Waals surface area contributed by atoms with Gasteiger partial charge in [-0.15, -0.1) is 0 Å². The molecule has 5 fully saturated rings. The molecule has 4 saturated heterocycles. The van der Waals surface area contributed by atoms with Gasteiger partial charge in [0.1, 0.15) is 18.0 Å². The smallest absolute Gasteiger partial charge is 0.311 e. The van der Waals surface area contributed by atoms with Gasteiger partial charge in [-0.05, 0) is 51.2 Å². The molecule has 218 valence electrons. The minimum atomic E-state index is -1.78. The number of ketones is 2. The average Bonchev–Trinajstić information content (AvgIpc) is 3.39. The third kappa shape index (κ3) is 3.03. The predicted molar refractivity (Wildman–Crippen MR) is 135 cm³/mol. The molecule has 2 aliphatic carbocycles. The van der Waals surface area contributed by atoms with Crippen molar-refractivity contribution in [3.8, 4) is 0 Å². The Morgan fingerprint density at radius 3 is 2.45 bits per heavy atom. The van der Waals surface area contributed by atoms with Crippen LogP contribution >= 0.6 is 0 Å². The highest BCUT2D eigenvalue weighted by Gasteiger charge is 2.81. The molecule has 7 rings (SSSR count). The van der Waals surface area contributed by atoms with Gasteiger partial charge in [-0.1, -0.05) is 13.8 Å². The standard InChI is InChI=1S/C30H38O10/c1-12-19-22-21(13(2)26(35)37-22)39-30-23(19)28(5,24(12)33)7-8-29(40-30)11-14-15(9-16(31)20(29)25(30)34)27(3,4)38-17(14)10-18(32)36-6/h12-13,16-17,19-23,31H,7-11H2,1-6H3/t12-,13-,16-,17+,19+,20-,21+,22+,23-,28-,29-,30-/m0/s1. The van der Waals surface area contributed by atoms with Gasteiger partial charge in [-0.25, -0.2) is 0 Å². The fraction of sp³-hybridized carbons (Fsp3) is 0.800. The molecule has 2 spiro atoms. The maximum atomic E-state index is 14.8. The number of rotatable bonds is 2. The third-order valence-corrected chi connectivity index (χ3v) is 11.6. The van der Waals surface area contributed by atoms with Crippen LogP contribution in [0.3, 0.4) is 0 Å². The summed E-state index contributed by atoms with van der Waals surface area (Å²) in [7, 11) is 1.33. The Morgan fingerprint density at radius 2 is 1.75 bits per heavy atom. The maximum Gasteiger partial charge on any atom is 0.311 e. The minimum absolute atomic E-state index is 0.00429. The molecule has 0 aromatic heterocycles. The van der Waals surface area contributed by atoms with Crippen LogP contribution in [0, 0.1) is 35.0 Å². The van der Waals surface area contributed by atoms with Gasteiger partial charge in [0.05, 0.1) is 48.8 Å². The van der Waals surface area contributed by atoms with Crippen LogP contribution in [0.15, 0.2) is 11.1 Å². The van der Waals surface area contributed by atoms with Gasteiger partial charge < -0.3 is 28.8 Å². The number of carbonyl (C=O) groups excluding carboxylic acids is 4. The first-order valence-corrected chi connectivity index (χ1v) is 14.5. The zero-order valence-corrected chi connectivity index (χ0v) is 23.9. The summed E-state index contributed by atoms with van der Waals surface area (Å²) in [6, 6.07) is 0. The maximum absolute atomic E-state index is 14.8. The molecule has 0 amide bonds. The minimum Gasteiger partial charge on any atom is -0.469 e. The Bertz CT molecular complexity index is 1270. The third-order valence-electron chi connectivity index (χ3n) is 11.6.